The number of nitrogens with one attached hydrogen (secondary N) is 1. The van der Waals surface area contributed by atoms with E-state index in [1.807, 2.05) is 48.7 Å². The van der Waals surface area contributed by atoms with Crippen LogP contribution in [0.5, 0.6) is 0 Å². The van der Waals surface area contributed by atoms with Gasteiger partial charge in [-0.05, 0) is 23.8 Å². The molecule has 2 aromatic heterocycles. The second kappa shape index (κ2) is 6.17. The van der Waals surface area contributed by atoms with Gasteiger partial charge in [0.2, 0.25) is 0 Å². The maximum absolute atomic E-state index is 5.10. The normalized spacial score (nSPS) is 12.2. The van der Waals surface area contributed by atoms with E-state index in [1.165, 1.54) is 5.56 Å². The summed E-state index contributed by atoms with van der Waals surface area (Å²) in [5.41, 5.74) is 3.35. The molecule has 0 fully saturated rings. The molecule has 2 heterocycles. The lowest BCUT2D eigenvalue weighted by atomic mass is 10.0. The molecule has 1 atom stereocenters. The van der Waals surface area contributed by atoms with Crippen molar-refractivity contribution >= 4 is 0 Å². The second-order valence-electron chi connectivity index (χ2n) is 4.61. The first-order chi connectivity index (χ1) is 9.93. The minimum atomic E-state index is 0.0762. The molecule has 0 aliphatic heterocycles. The van der Waals surface area contributed by atoms with Crippen molar-refractivity contribution in [2.45, 2.75) is 12.6 Å². The van der Waals surface area contributed by atoms with Gasteiger partial charge in [-0.2, -0.15) is 0 Å². The van der Waals surface area contributed by atoms with Gasteiger partial charge < -0.3 is 9.73 Å². The monoisotopic (exact) mass is 264 g/mol. The Balaban J connectivity index is 1.84. The molecule has 0 saturated heterocycles. The Morgan fingerprint density at radius 1 is 1.00 bits per heavy atom. The first kappa shape index (κ1) is 12.6. The largest absolute Gasteiger partial charge is 0.472 e. The van der Waals surface area contributed by atoms with Gasteiger partial charge in [0.25, 0.3) is 0 Å². The summed E-state index contributed by atoms with van der Waals surface area (Å²) < 4.78 is 5.10. The number of hydrogen-bond donors (Lipinski definition) is 1. The van der Waals surface area contributed by atoms with Crippen molar-refractivity contribution in [3.63, 3.8) is 0 Å². The van der Waals surface area contributed by atoms with Crippen molar-refractivity contribution in [2.75, 3.05) is 0 Å². The highest BCUT2D eigenvalue weighted by Gasteiger charge is 2.14. The Morgan fingerprint density at radius 3 is 2.55 bits per heavy atom. The van der Waals surface area contributed by atoms with Gasteiger partial charge in [0, 0.05) is 18.3 Å². The maximum Gasteiger partial charge on any atom is 0.0947 e. The summed E-state index contributed by atoms with van der Waals surface area (Å²) in [5.74, 6) is 0. The van der Waals surface area contributed by atoms with E-state index in [2.05, 4.69) is 22.4 Å². The molecule has 3 rings (SSSR count). The van der Waals surface area contributed by atoms with Gasteiger partial charge in [0.15, 0.2) is 0 Å². The first-order valence-corrected chi connectivity index (χ1v) is 6.64. The highest BCUT2D eigenvalue weighted by Crippen LogP contribution is 2.20. The van der Waals surface area contributed by atoms with E-state index in [0.29, 0.717) is 0 Å². The molecule has 3 nitrogen and oxygen atoms in total. The fourth-order valence-corrected chi connectivity index (χ4v) is 2.20. The Bertz CT molecular complexity index is 581. The van der Waals surface area contributed by atoms with E-state index < -0.39 is 0 Å². The Hall–Kier alpha value is -2.39. The van der Waals surface area contributed by atoms with Crippen LogP contribution in [0.15, 0.2) is 77.7 Å². The molecule has 3 aromatic rings. The van der Waals surface area contributed by atoms with Crippen LogP contribution in [0.25, 0.3) is 0 Å². The third kappa shape index (κ3) is 2.95. The van der Waals surface area contributed by atoms with Gasteiger partial charge in [-0.25, -0.2) is 0 Å². The standard InChI is InChI=1S/C17H16N2O/c1-2-6-15(7-3-1)17(16-8-4-5-10-18-16)19-12-14-9-11-20-13-14/h1-11,13,17,19H,12H2. The summed E-state index contributed by atoms with van der Waals surface area (Å²) in [6, 6.07) is 18.4. The van der Waals surface area contributed by atoms with Crippen LogP contribution in [0.2, 0.25) is 0 Å². The number of furan rings is 1. The zero-order valence-electron chi connectivity index (χ0n) is 11.1. The molecule has 0 radical (unpaired) electrons. The second-order valence-corrected chi connectivity index (χ2v) is 4.61. The van der Waals surface area contributed by atoms with Gasteiger partial charge in [0.05, 0.1) is 24.3 Å². The third-order valence-corrected chi connectivity index (χ3v) is 3.21. The van der Waals surface area contributed by atoms with Crippen LogP contribution in [0.3, 0.4) is 0 Å². The fraction of sp³-hybridized carbons (Fsp3) is 0.118. The summed E-state index contributed by atoms with van der Waals surface area (Å²) in [5, 5.41) is 3.53. The van der Waals surface area contributed by atoms with Crippen molar-refractivity contribution in [1.82, 2.24) is 10.3 Å². The average Bonchev–Trinajstić information content (AvgIpc) is 3.03. The van der Waals surface area contributed by atoms with Crippen molar-refractivity contribution in [1.29, 1.82) is 0 Å². The zero-order valence-corrected chi connectivity index (χ0v) is 11.1. The van der Waals surface area contributed by atoms with E-state index in [0.717, 1.165) is 17.8 Å². The number of benzene rings is 1. The molecule has 20 heavy (non-hydrogen) atoms. The average molecular weight is 264 g/mol. The molecule has 0 bridgehead atoms. The molecular formula is C17H16N2O. The highest BCUT2D eigenvalue weighted by molar-refractivity contribution is 5.27. The summed E-state index contributed by atoms with van der Waals surface area (Å²) in [6.07, 6.45) is 5.27. The van der Waals surface area contributed by atoms with Crippen molar-refractivity contribution < 1.29 is 4.42 Å². The van der Waals surface area contributed by atoms with Gasteiger partial charge in [-0.1, -0.05) is 36.4 Å². The molecule has 0 amide bonds. The topological polar surface area (TPSA) is 38.1 Å². The molecule has 0 aliphatic carbocycles. The lowest BCUT2D eigenvalue weighted by molar-refractivity contribution is 0.552. The van der Waals surface area contributed by atoms with Gasteiger partial charge in [0.1, 0.15) is 0 Å². The molecule has 1 aromatic carbocycles. The summed E-state index contributed by atoms with van der Waals surface area (Å²) >= 11 is 0. The molecule has 1 unspecified atom stereocenters. The number of rotatable bonds is 5. The predicted octanol–water partition coefficient (Wildman–Crippen LogP) is 3.55. The summed E-state index contributed by atoms with van der Waals surface area (Å²) in [4.78, 5) is 4.47. The minimum Gasteiger partial charge on any atom is -0.472 e. The molecule has 1 N–H and O–H groups in total. The van der Waals surface area contributed by atoms with E-state index in [-0.39, 0.29) is 6.04 Å². The molecule has 0 aliphatic rings. The van der Waals surface area contributed by atoms with Crippen molar-refractivity contribution in [3.8, 4) is 0 Å². The number of pyridine rings is 1. The van der Waals surface area contributed by atoms with Crippen LogP contribution < -0.4 is 5.32 Å². The number of nitrogens with zero attached hydrogens (tertiary/aromatic N) is 1. The van der Waals surface area contributed by atoms with Crippen LogP contribution in [0, 0.1) is 0 Å². The summed E-state index contributed by atoms with van der Waals surface area (Å²) in [6.45, 7) is 0.743. The van der Waals surface area contributed by atoms with Crippen LogP contribution in [-0.4, -0.2) is 4.98 Å². The zero-order chi connectivity index (χ0) is 13.6. The van der Waals surface area contributed by atoms with Crippen LogP contribution >= 0.6 is 0 Å². The minimum absolute atomic E-state index is 0.0762. The van der Waals surface area contributed by atoms with Crippen LogP contribution in [0.1, 0.15) is 22.9 Å². The van der Waals surface area contributed by atoms with Crippen molar-refractivity contribution in [3.05, 3.63) is 90.1 Å². The van der Waals surface area contributed by atoms with Gasteiger partial charge in [-0.3, -0.25) is 4.98 Å². The highest BCUT2D eigenvalue weighted by atomic mass is 16.3. The van der Waals surface area contributed by atoms with Crippen LogP contribution in [0.4, 0.5) is 0 Å². The van der Waals surface area contributed by atoms with Crippen LogP contribution in [-0.2, 0) is 6.54 Å². The molecule has 0 saturated carbocycles. The lowest BCUT2D eigenvalue weighted by Gasteiger charge is -2.18. The maximum atomic E-state index is 5.10. The van der Waals surface area contributed by atoms with E-state index in [9.17, 15) is 0 Å². The molecule has 0 spiro atoms. The smallest absolute Gasteiger partial charge is 0.0947 e. The number of hydrogen-bond acceptors (Lipinski definition) is 3. The summed E-state index contributed by atoms with van der Waals surface area (Å²) in [7, 11) is 0. The Labute approximate surface area is 118 Å². The van der Waals surface area contributed by atoms with Crippen molar-refractivity contribution in [2.24, 2.45) is 0 Å². The number of aromatic nitrogens is 1. The fourth-order valence-electron chi connectivity index (χ4n) is 2.20. The Morgan fingerprint density at radius 2 is 1.85 bits per heavy atom. The van der Waals surface area contributed by atoms with Gasteiger partial charge in [-0.15, -0.1) is 0 Å². The molecular weight excluding hydrogens is 248 g/mol. The van der Waals surface area contributed by atoms with Gasteiger partial charge >= 0.3 is 0 Å². The molecule has 3 heteroatoms. The van der Waals surface area contributed by atoms with E-state index in [4.69, 9.17) is 4.42 Å². The first-order valence-electron chi connectivity index (χ1n) is 6.64. The lowest BCUT2D eigenvalue weighted by Crippen LogP contribution is -2.22. The quantitative estimate of drug-likeness (QED) is 0.765. The predicted molar refractivity (Wildman–Crippen MR) is 78.1 cm³/mol. The van der Waals surface area contributed by atoms with E-state index in [1.54, 1.807) is 12.5 Å². The van der Waals surface area contributed by atoms with E-state index >= 15 is 0 Å². The SMILES string of the molecule is c1ccc(C(NCc2ccoc2)c2ccccn2)cc1. The third-order valence-electron chi connectivity index (χ3n) is 3.21. The Kier molecular flexibility index (Phi) is 3.90. The molecule has 100 valence electrons.